The first-order valence-electron chi connectivity index (χ1n) is 34.7. The maximum absolute atomic E-state index is 6.19. The van der Waals surface area contributed by atoms with Gasteiger partial charge < -0.3 is 38.5 Å². The molecule has 0 atom stereocenters. The van der Waals surface area contributed by atoms with E-state index in [0.29, 0.717) is 0 Å². The molecule has 0 bridgehead atoms. The van der Waals surface area contributed by atoms with Crippen LogP contribution in [-0.4, -0.2) is 22.8 Å². The summed E-state index contributed by atoms with van der Waals surface area (Å²) in [6.07, 6.45) is 0. The van der Waals surface area contributed by atoms with Crippen molar-refractivity contribution in [3.8, 4) is 93.4 Å². The molecule has 109 heavy (non-hydrogen) atoms. The van der Waals surface area contributed by atoms with Gasteiger partial charge in [-0.15, -0.1) is 23.2 Å². The normalized spacial score (nSPS) is 11.9. The van der Waals surface area contributed by atoms with Crippen molar-refractivity contribution in [1.29, 1.82) is 0 Å². The number of ether oxygens (including phenoxy) is 4. The average molecular weight is 1480 g/mol. The molecule has 20 rings (SSSR count). The highest BCUT2D eigenvalue weighted by Gasteiger charge is 2.30. The number of rotatable bonds is 4. The molecule has 2 aromatic heterocycles. The van der Waals surface area contributed by atoms with Gasteiger partial charge in [-0.2, -0.15) is 17.5 Å². The molecular weight excluding hydrogens is 1430 g/mol. The summed E-state index contributed by atoms with van der Waals surface area (Å²) in [4.78, 5) is 8.86. The Bertz CT molecular complexity index is 5510. The van der Waals surface area contributed by atoms with Gasteiger partial charge in [0.2, 0.25) is 0 Å². The summed E-state index contributed by atoms with van der Waals surface area (Å²) in [6, 6.07) is 106. The molecule has 14 aromatic carbocycles. The van der Waals surface area contributed by atoms with E-state index in [4.69, 9.17) is 42.1 Å². The summed E-state index contributed by atoms with van der Waals surface area (Å²) in [5.74, 6) is 33.5. The maximum atomic E-state index is 6.19. The Hall–Kier alpha value is -14.1. The lowest BCUT2D eigenvalue weighted by Gasteiger charge is -2.32. The summed E-state index contributed by atoms with van der Waals surface area (Å²) < 4.78 is 42.6. The third-order valence-corrected chi connectivity index (χ3v) is 19.5. The molecule has 0 N–H and O–H groups in total. The summed E-state index contributed by atoms with van der Waals surface area (Å²) in [5, 5.41) is 0.194. The second kappa shape index (κ2) is 29.8. The molecule has 0 spiro atoms. The van der Waals surface area contributed by atoms with Gasteiger partial charge in [0, 0.05) is 67.3 Å². The Labute approximate surface area is 647 Å². The van der Waals surface area contributed by atoms with Crippen LogP contribution in [0, 0.1) is 47.4 Å². The van der Waals surface area contributed by atoms with E-state index in [1.54, 1.807) is 0 Å². The number of alkyl halides is 2. The van der Waals surface area contributed by atoms with Gasteiger partial charge in [0.25, 0.3) is 0 Å². The van der Waals surface area contributed by atoms with Crippen LogP contribution in [0.4, 0.5) is 68.2 Å². The molecule has 4 aliphatic heterocycles. The molecule has 0 fully saturated rings. The van der Waals surface area contributed by atoms with Gasteiger partial charge in [-0.05, 0) is 218 Å². The van der Waals surface area contributed by atoms with Crippen molar-refractivity contribution in [2.75, 3.05) is 24.9 Å². The summed E-state index contributed by atoms with van der Waals surface area (Å²) in [5.41, 5.74) is 22.0. The van der Waals surface area contributed by atoms with Crippen molar-refractivity contribution in [1.82, 2.24) is 17.5 Å². The van der Waals surface area contributed by atoms with Crippen molar-refractivity contribution in [3.63, 3.8) is 0 Å². The second-order valence-corrected chi connectivity index (χ2v) is 26.9. The van der Waals surface area contributed by atoms with Crippen molar-refractivity contribution < 1.29 is 18.9 Å². The number of anilines is 12. The number of hydrogen-bond acceptors (Lipinski definition) is 14. The van der Waals surface area contributed by atoms with E-state index in [1.807, 2.05) is 218 Å². The van der Waals surface area contributed by atoms with E-state index < -0.39 is 0 Å². The van der Waals surface area contributed by atoms with Crippen LogP contribution < -0.4 is 38.5 Å². The highest BCUT2D eigenvalue weighted by atomic mass is 35.5. The molecule has 0 aliphatic carbocycles. The minimum atomic E-state index is 0.194. The van der Waals surface area contributed by atoms with E-state index >= 15 is 0 Å². The topological polar surface area (TPSA) is 101 Å². The van der Waals surface area contributed by atoms with Crippen LogP contribution >= 0.6 is 46.7 Å². The van der Waals surface area contributed by atoms with Crippen LogP contribution in [0.5, 0.6) is 46.0 Å². The predicted molar refractivity (Wildman–Crippen MR) is 440 cm³/mol. The molecule has 0 unspecified atom stereocenters. The molecule has 0 amide bonds. The maximum Gasteiger partial charge on any atom is 0.151 e. The van der Waals surface area contributed by atoms with E-state index in [-0.39, 0.29) is 5.34 Å². The fraction of sp³-hybridized carbons (Fsp3) is 0.0108. The van der Waals surface area contributed by atoms with Gasteiger partial charge in [0.15, 0.2) is 46.0 Å². The lowest BCUT2D eigenvalue weighted by molar-refractivity contribution is 0.477. The molecule has 516 valence electrons. The van der Waals surface area contributed by atoms with Crippen LogP contribution in [-0.2, 0) is 0 Å². The fourth-order valence-corrected chi connectivity index (χ4v) is 14.4. The number of para-hydroxylation sites is 16. The zero-order valence-electron chi connectivity index (χ0n) is 57.5. The monoisotopic (exact) mass is 1480 g/mol. The largest absolute Gasteiger partial charge is 0.453 e. The second-order valence-electron chi connectivity index (χ2n) is 25.1. The zero-order valence-corrected chi connectivity index (χ0v) is 60.7. The first-order chi connectivity index (χ1) is 53.9. The molecule has 0 saturated heterocycles. The molecule has 4 aliphatic rings. The Morgan fingerprint density at radius 1 is 0.229 bits per heavy atom. The van der Waals surface area contributed by atoms with Crippen molar-refractivity contribution in [2.24, 2.45) is 0 Å². The number of halogens is 2. The van der Waals surface area contributed by atoms with E-state index in [0.717, 1.165) is 181 Å². The Morgan fingerprint density at radius 3 is 0.569 bits per heavy atom. The number of aromatic nitrogens is 4. The first-order valence-corrected chi connectivity index (χ1v) is 37.2. The van der Waals surface area contributed by atoms with Gasteiger partial charge in [-0.3, -0.25) is 0 Å². The van der Waals surface area contributed by atoms with E-state index in [2.05, 4.69) is 182 Å². The highest BCUT2D eigenvalue weighted by Crippen LogP contribution is 2.54. The van der Waals surface area contributed by atoms with Crippen LogP contribution in [0.25, 0.3) is 22.1 Å². The van der Waals surface area contributed by atoms with Gasteiger partial charge in [0.05, 0.1) is 74.3 Å². The highest BCUT2D eigenvalue weighted by molar-refractivity contribution is 7.00. The van der Waals surface area contributed by atoms with Gasteiger partial charge in [-0.1, -0.05) is 144 Å². The van der Waals surface area contributed by atoms with Gasteiger partial charge >= 0.3 is 0 Å². The Balaban J connectivity index is 0.000000148. The third kappa shape index (κ3) is 13.6. The quantitative estimate of drug-likeness (QED) is 0.124. The number of fused-ring (bicyclic) bond motifs is 10. The number of benzene rings is 14. The van der Waals surface area contributed by atoms with E-state index in [9.17, 15) is 0 Å². The molecule has 0 saturated carbocycles. The number of nitrogens with zero attached hydrogens (tertiary/aromatic N) is 8. The predicted octanol–water partition coefficient (Wildman–Crippen LogP) is 24.7. The zero-order chi connectivity index (χ0) is 73.0. The Morgan fingerprint density at radius 2 is 0.394 bits per heavy atom. The van der Waals surface area contributed by atoms with Crippen molar-refractivity contribution >= 4 is 137 Å². The average Bonchev–Trinajstić information content (AvgIpc) is 1.13. The Kier molecular flexibility index (Phi) is 18.3. The minimum Gasteiger partial charge on any atom is -0.453 e. The minimum absolute atomic E-state index is 0.194. The fourth-order valence-electron chi connectivity index (χ4n) is 13.3. The van der Waals surface area contributed by atoms with Crippen LogP contribution in [0.15, 0.2) is 315 Å². The summed E-state index contributed by atoms with van der Waals surface area (Å²) in [6.45, 7) is 0. The van der Waals surface area contributed by atoms with Crippen molar-refractivity contribution in [2.45, 2.75) is 0 Å². The van der Waals surface area contributed by atoms with Gasteiger partial charge in [-0.25, -0.2) is 0 Å². The van der Waals surface area contributed by atoms with E-state index in [1.165, 1.54) is 23.5 Å². The number of hydrogen-bond donors (Lipinski definition) is 0. The van der Waals surface area contributed by atoms with Gasteiger partial charge in [0.1, 0.15) is 22.1 Å². The third-order valence-electron chi connectivity index (χ3n) is 18.4. The summed E-state index contributed by atoms with van der Waals surface area (Å²) in [7, 11) is 0. The summed E-state index contributed by atoms with van der Waals surface area (Å²) >= 11 is 11.9. The molecule has 12 nitrogen and oxygen atoms in total. The molecular formula is C93H54Cl2N8O4S2. The van der Waals surface area contributed by atoms with Crippen LogP contribution in [0.3, 0.4) is 0 Å². The SMILES string of the molecule is C(#Cc1cc2nsnc2cc1C#Cc1ccc(N2c3ccccc3Oc3ccccc32)cc1)c1ccc(N2c3ccccc3Oc3ccccc32)cc1.C(#Cc1cc2nsnc2cc1C#Cc1ccc(N2c3ccccc3Oc3ccccc32)cc1)c1ccc(N2c3ccccc3Oc3ccccc32)cc1.ClCCl. The molecule has 0 radical (unpaired) electrons. The molecule has 16 aromatic rings. The first kappa shape index (κ1) is 66.9. The van der Waals surface area contributed by atoms with Crippen LogP contribution in [0.2, 0.25) is 0 Å². The van der Waals surface area contributed by atoms with Crippen molar-refractivity contribution in [3.05, 3.63) is 360 Å². The van der Waals surface area contributed by atoms with Crippen LogP contribution in [0.1, 0.15) is 44.5 Å². The standard InChI is InChI=1S/2C46H26N4O2S.CH2Cl2/c2*1-5-13-43-39(9-1)49(40-10-2-6-14-44(40)51-43)35-25-19-31(20-26-35)17-23-33-29-37-38(48-53-47-37)30-34(33)24-18-32-21-27-36(28-22-32)50-41-11-3-7-15-45(41)52-46-16-8-4-12-42(46)50;2-1-3/h2*1-16,19-22,25-30H;1H2. The lowest BCUT2D eigenvalue weighted by Crippen LogP contribution is -2.15. The molecule has 16 heteroatoms. The lowest BCUT2D eigenvalue weighted by atomic mass is 10.0. The smallest absolute Gasteiger partial charge is 0.151 e. The molecule has 6 heterocycles.